The molecule has 36 heavy (non-hydrogen) atoms. The van der Waals surface area contributed by atoms with Crippen LogP contribution in [0.5, 0.6) is 0 Å². The number of halogens is 2. The first-order valence-electron chi connectivity index (χ1n) is 12.0. The van der Waals surface area contributed by atoms with E-state index < -0.39 is 10.0 Å². The molecule has 0 atom stereocenters. The smallest absolute Gasteiger partial charge is 0.270 e. The van der Waals surface area contributed by atoms with Gasteiger partial charge in [-0.3, -0.25) is 14.0 Å². The summed E-state index contributed by atoms with van der Waals surface area (Å²) in [6, 6.07) is 11.1. The van der Waals surface area contributed by atoms with Crippen molar-refractivity contribution in [1.29, 1.82) is 0 Å². The molecule has 1 aromatic heterocycles. The van der Waals surface area contributed by atoms with Gasteiger partial charge in [0, 0.05) is 49.2 Å². The van der Waals surface area contributed by atoms with Crippen LogP contribution in [-0.4, -0.2) is 67.6 Å². The number of hydrogen-bond donors (Lipinski definition) is 1. The molecule has 2 heterocycles. The van der Waals surface area contributed by atoms with Gasteiger partial charge in [-0.1, -0.05) is 41.4 Å². The zero-order chi connectivity index (χ0) is 26.2. The summed E-state index contributed by atoms with van der Waals surface area (Å²) in [6.07, 6.45) is 1.86. The van der Waals surface area contributed by atoms with Crippen molar-refractivity contribution in [2.45, 2.75) is 39.8 Å². The number of anilines is 1. The fraction of sp³-hybridized carbons (Fsp3) is 0.423. The van der Waals surface area contributed by atoms with Crippen molar-refractivity contribution in [3.05, 3.63) is 63.3 Å². The molecule has 1 amide bonds. The van der Waals surface area contributed by atoms with E-state index in [-0.39, 0.29) is 18.5 Å². The van der Waals surface area contributed by atoms with E-state index in [1.807, 2.05) is 25.1 Å². The second-order valence-electron chi connectivity index (χ2n) is 9.61. The van der Waals surface area contributed by atoms with Gasteiger partial charge >= 0.3 is 0 Å². The number of H-pyrrole nitrogens is 1. The van der Waals surface area contributed by atoms with Gasteiger partial charge in [-0.2, -0.15) is 0 Å². The van der Waals surface area contributed by atoms with Gasteiger partial charge in [0.15, 0.2) is 0 Å². The van der Waals surface area contributed by atoms with Crippen LogP contribution in [0.25, 0.3) is 10.9 Å². The summed E-state index contributed by atoms with van der Waals surface area (Å²) in [5, 5.41) is 1.91. The van der Waals surface area contributed by atoms with Gasteiger partial charge in [-0.25, -0.2) is 8.42 Å². The Bertz CT molecular complexity index is 1390. The molecule has 4 rings (SSSR count). The Morgan fingerprint density at radius 2 is 1.81 bits per heavy atom. The number of para-hydroxylation sites is 1. The van der Waals surface area contributed by atoms with Crippen LogP contribution in [0, 0.1) is 6.92 Å². The van der Waals surface area contributed by atoms with Gasteiger partial charge < -0.3 is 9.88 Å². The van der Waals surface area contributed by atoms with Crippen molar-refractivity contribution < 1.29 is 13.2 Å². The van der Waals surface area contributed by atoms with Crippen LogP contribution in [0.15, 0.2) is 36.4 Å². The monoisotopic (exact) mass is 550 g/mol. The van der Waals surface area contributed by atoms with Crippen LogP contribution in [0.2, 0.25) is 10.0 Å². The van der Waals surface area contributed by atoms with E-state index in [9.17, 15) is 13.2 Å². The zero-order valence-electron chi connectivity index (χ0n) is 21.0. The number of aromatic nitrogens is 1. The number of aromatic amines is 1. The van der Waals surface area contributed by atoms with Gasteiger partial charge in [0.2, 0.25) is 10.0 Å². The third kappa shape index (κ3) is 5.52. The summed E-state index contributed by atoms with van der Waals surface area (Å²) in [5.74, 6) is -0.158. The molecule has 0 saturated carbocycles. The molecule has 0 spiro atoms. The molecule has 1 aliphatic heterocycles. The molecule has 0 saturated heterocycles. The number of carbonyl (C=O) groups is 1. The number of hydrogen-bond acceptors (Lipinski definition) is 4. The highest BCUT2D eigenvalue weighted by Gasteiger charge is 2.27. The minimum absolute atomic E-state index is 0.158. The van der Waals surface area contributed by atoms with Crippen molar-refractivity contribution in [2.75, 3.05) is 36.7 Å². The Hall–Kier alpha value is -2.26. The maximum atomic E-state index is 14.0. The van der Waals surface area contributed by atoms with Crippen LogP contribution in [-0.2, 0) is 16.6 Å². The summed E-state index contributed by atoms with van der Waals surface area (Å²) in [7, 11) is -3.56. The molecule has 0 aliphatic carbocycles. The molecule has 194 valence electrons. The van der Waals surface area contributed by atoms with E-state index in [0.717, 1.165) is 22.0 Å². The average Bonchev–Trinajstić information content (AvgIpc) is 3.13. The Kier molecular flexibility index (Phi) is 7.90. The number of amides is 1. The molecule has 0 unspecified atom stereocenters. The number of carbonyl (C=O) groups excluding carboxylic acids is 1. The molecule has 7 nitrogen and oxygen atoms in total. The summed E-state index contributed by atoms with van der Waals surface area (Å²) in [4.78, 5) is 21.3. The largest absolute Gasteiger partial charge is 0.349 e. The number of rotatable bonds is 3. The Balaban J connectivity index is 1.81. The third-order valence-corrected chi connectivity index (χ3v) is 8.55. The fourth-order valence-corrected chi connectivity index (χ4v) is 6.19. The summed E-state index contributed by atoms with van der Waals surface area (Å²) in [5.41, 5.74) is 3.29. The Labute approximate surface area is 223 Å². The number of fused-ring (bicyclic) bond motifs is 2. The van der Waals surface area contributed by atoms with Crippen LogP contribution in [0.3, 0.4) is 0 Å². The van der Waals surface area contributed by atoms with Crippen LogP contribution in [0.1, 0.15) is 41.9 Å². The van der Waals surface area contributed by atoms with Gasteiger partial charge in [0.25, 0.3) is 5.91 Å². The maximum absolute atomic E-state index is 14.0. The second-order valence-corrected chi connectivity index (χ2v) is 12.4. The van der Waals surface area contributed by atoms with Crippen LogP contribution >= 0.6 is 23.2 Å². The van der Waals surface area contributed by atoms with E-state index in [4.69, 9.17) is 23.2 Å². The Morgan fingerprint density at radius 3 is 2.47 bits per heavy atom. The lowest BCUT2D eigenvalue weighted by molar-refractivity contribution is 0.0706. The van der Waals surface area contributed by atoms with E-state index in [1.165, 1.54) is 10.6 Å². The van der Waals surface area contributed by atoms with Gasteiger partial charge in [0.1, 0.15) is 5.69 Å². The molecule has 1 N–H and O–H groups in total. The molecular weight excluding hydrogens is 519 g/mol. The minimum Gasteiger partial charge on any atom is -0.349 e. The van der Waals surface area contributed by atoms with E-state index in [0.29, 0.717) is 54.0 Å². The minimum atomic E-state index is -3.56. The molecule has 0 radical (unpaired) electrons. The molecule has 1 aliphatic rings. The van der Waals surface area contributed by atoms with Crippen molar-refractivity contribution >= 4 is 55.7 Å². The molecule has 10 heteroatoms. The highest BCUT2D eigenvalue weighted by molar-refractivity contribution is 7.92. The quantitative estimate of drug-likeness (QED) is 0.479. The van der Waals surface area contributed by atoms with E-state index in [1.54, 1.807) is 23.1 Å². The normalized spacial score (nSPS) is 16.3. The van der Waals surface area contributed by atoms with Crippen LogP contribution in [0.4, 0.5) is 5.69 Å². The van der Waals surface area contributed by atoms with E-state index >= 15 is 0 Å². The predicted octanol–water partition coefficient (Wildman–Crippen LogP) is 5.31. The maximum Gasteiger partial charge on any atom is 0.270 e. The fourth-order valence-electron chi connectivity index (χ4n) is 4.81. The average molecular weight is 552 g/mol. The van der Waals surface area contributed by atoms with E-state index in [2.05, 4.69) is 23.7 Å². The zero-order valence-corrected chi connectivity index (χ0v) is 23.3. The van der Waals surface area contributed by atoms with Crippen molar-refractivity contribution in [1.82, 2.24) is 14.8 Å². The first-order valence-corrected chi connectivity index (χ1v) is 14.6. The van der Waals surface area contributed by atoms with Crippen molar-refractivity contribution in [3.63, 3.8) is 0 Å². The topological polar surface area (TPSA) is 76.7 Å². The number of nitrogens with one attached hydrogen (secondary N) is 1. The predicted molar refractivity (Wildman–Crippen MR) is 148 cm³/mol. The first-order chi connectivity index (χ1) is 17.0. The first kappa shape index (κ1) is 26.8. The number of aryl methyl sites for hydroxylation is 1. The lowest BCUT2D eigenvalue weighted by Crippen LogP contribution is -2.41. The molecule has 0 fully saturated rings. The highest BCUT2D eigenvalue weighted by Crippen LogP contribution is 2.31. The number of benzene rings is 2. The second kappa shape index (κ2) is 10.6. The third-order valence-electron chi connectivity index (χ3n) is 6.82. The van der Waals surface area contributed by atoms with Gasteiger partial charge in [0.05, 0.1) is 22.5 Å². The van der Waals surface area contributed by atoms with Crippen molar-refractivity contribution in [2.24, 2.45) is 0 Å². The standard InChI is InChI=1S/C26H32Cl2N4O3S/c1-17(2)30-11-6-12-32(36(4,34)35)23-15-20(27)10-9-19(23)16-31(14-13-30)26(33)24-18(3)21-7-5-8-22(28)25(21)29-24/h5,7-10,15,17,29H,6,11-14,16H2,1-4H3. The van der Waals surface area contributed by atoms with Gasteiger partial charge in [-0.15, -0.1) is 0 Å². The summed E-state index contributed by atoms with van der Waals surface area (Å²) >= 11 is 12.7. The Morgan fingerprint density at radius 1 is 1.06 bits per heavy atom. The van der Waals surface area contributed by atoms with Gasteiger partial charge in [-0.05, 0) is 56.5 Å². The highest BCUT2D eigenvalue weighted by atomic mass is 35.5. The number of sulfonamides is 1. The van der Waals surface area contributed by atoms with Crippen molar-refractivity contribution in [3.8, 4) is 0 Å². The summed E-state index contributed by atoms with van der Waals surface area (Å²) < 4.78 is 27.0. The molecule has 0 bridgehead atoms. The molecule has 3 aromatic rings. The lowest BCUT2D eigenvalue weighted by Gasteiger charge is -2.30. The number of nitrogens with zero attached hydrogens (tertiary/aromatic N) is 3. The van der Waals surface area contributed by atoms with Crippen LogP contribution < -0.4 is 4.31 Å². The SMILES string of the molecule is Cc1c(C(=O)N2CCN(C(C)C)CCCN(S(C)(=O)=O)c3cc(Cl)ccc3C2)[nH]c2c(Cl)cccc12. The lowest BCUT2D eigenvalue weighted by atomic mass is 10.1. The molecule has 2 aromatic carbocycles. The molecular formula is C26H32Cl2N4O3S. The summed E-state index contributed by atoms with van der Waals surface area (Å²) in [6.45, 7) is 8.58.